The van der Waals surface area contributed by atoms with Crippen molar-refractivity contribution in [3.8, 4) is 0 Å². The van der Waals surface area contributed by atoms with Crippen molar-refractivity contribution in [1.82, 2.24) is 10.3 Å². The van der Waals surface area contributed by atoms with Gasteiger partial charge in [0.25, 0.3) is 0 Å². The van der Waals surface area contributed by atoms with Gasteiger partial charge in [-0.25, -0.2) is 5.84 Å². The minimum absolute atomic E-state index is 0.103. The molecule has 0 spiro atoms. The van der Waals surface area contributed by atoms with E-state index in [4.69, 9.17) is 9.79 Å². The molecule has 8 heteroatoms. The van der Waals surface area contributed by atoms with Crippen molar-refractivity contribution in [1.29, 1.82) is 0 Å². The van der Waals surface area contributed by atoms with Crippen LogP contribution in [-0.2, 0) is 4.79 Å². The van der Waals surface area contributed by atoms with E-state index in [9.17, 15) is 4.79 Å². The molecule has 0 heterocycles. The van der Waals surface area contributed by atoms with Crippen LogP contribution < -0.4 is 33.7 Å². The standard InChI is InChI=1S/C20H43I3N4O/c1-2-3-9-13-19(18-21)20(28)27(25)17-11-8-6-4-5-7-10-15-26-16-12-14-23(22)24/h19,26H,2-18,24-25H2,1H3/q-1/t19-/m1/s1. The fraction of sp³-hybridized carbons (Fsp3) is 0.950. The van der Waals surface area contributed by atoms with Crippen molar-refractivity contribution in [2.75, 3.05) is 28.5 Å². The third-order valence-electron chi connectivity index (χ3n) is 4.90. The van der Waals surface area contributed by atoms with E-state index in [1.54, 1.807) is 0 Å². The van der Waals surface area contributed by atoms with Gasteiger partial charge in [-0.1, -0.05) is 48.8 Å². The SMILES string of the molecule is CCCCC[C@H](CI)C(=O)N(N)CCCCCCCCCNCCCI(N)[I-]. The minimum atomic E-state index is -1.03. The van der Waals surface area contributed by atoms with Crippen molar-refractivity contribution in [2.24, 2.45) is 15.7 Å². The predicted octanol–water partition coefficient (Wildman–Crippen LogP) is 1.88. The van der Waals surface area contributed by atoms with Gasteiger partial charge in [-0.05, 0) is 6.42 Å². The Morgan fingerprint density at radius 2 is 1.64 bits per heavy atom. The fourth-order valence-electron chi connectivity index (χ4n) is 3.11. The molecule has 0 fully saturated rings. The predicted molar refractivity (Wildman–Crippen MR) is 135 cm³/mol. The van der Waals surface area contributed by atoms with Gasteiger partial charge in [-0.3, -0.25) is 9.80 Å². The molecule has 0 unspecified atom stereocenters. The molecule has 28 heavy (non-hydrogen) atoms. The van der Waals surface area contributed by atoms with E-state index in [0.717, 1.165) is 36.8 Å². The number of nitrogens with one attached hydrogen (secondary N) is 1. The Morgan fingerprint density at radius 1 is 1.04 bits per heavy atom. The van der Waals surface area contributed by atoms with E-state index in [-0.39, 0.29) is 11.8 Å². The van der Waals surface area contributed by atoms with Crippen LogP contribution in [0, 0.1) is 5.92 Å². The normalized spacial score (nSPS) is 12.8. The molecule has 0 aliphatic rings. The summed E-state index contributed by atoms with van der Waals surface area (Å²) >= 11 is 3.72. The summed E-state index contributed by atoms with van der Waals surface area (Å²) in [5.74, 6) is 6.26. The van der Waals surface area contributed by atoms with Crippen LogP contribution in [-0.4, -0.2) is 39.4 Å². The zero-order valence-electron chi connectivity index (χ0n) is 17.7. The topological polar surface area (TPSA) is 84.4 Å². The van der Waals surface area contributed by atoms with Crippen molar-refractivity contribution in [3.63, 3.8) is 0 Å². The van der Waals surface area contributed by atoms with Crippen LogP contribution >= 0.6 is 38.7 Å². The zero-order chi connectivity index (χ0) is 21.0. The van der Waals surface area contributed by atoms with Crippen LogP contribution in [0.5, 0.6) is 0 Å². The van der Waals surface area contributed by atoms with Gasteiger partial charge in [-0.15, -0.1) is 0 Å². The van der Waals surface area contributed by atoms with Gasteiger partial charge in [0.2, 0.25) is 5.91 Å². The molecule has 0 saturated heterocycles. The van der Waals surface area contributed by atoms with Crippen LogP contribution in [0.1, 0.15) is 84.0 Å². The monoisotopic (exact) mass is 736 g/mol. The number of hydrazine groups is 1. The third-order valence-corrected chi connectivity index (χ3v) is 10.5. The number of carbonyl (C=O) groups excluding carboxylic acids is 1. The number of carbonyl (C=O) groups is 1. The van der Waals surface area contributed by atoms with E-state index < -0.39 is 16.1 Å². The molecule has 1 radical (unpaired) electrons. The Bertz CT molecular complexity index is 362. The molecule has 171 valence electrons. The van der Waals surface area contributed by atoms with Crippen LogP contribution in [0.3, 0.4) is 0 Å². The van der Waals surface area contributed by atoms with Gasteiger partial charge >= 0.3 is 113 Å². The number of halogens is 3. The van der Waals surface area contributed by atoms with Crippen molar-refractivity contribution in [2.45, 2.75) is 84.0 Å². The average molecular weight is 736 g/mol. The van der Waals surface area contributed by atoms with Crippen molar-refractivity contribution in [3.05, 3.63) is 0 Å². The molecule has 0 aromatic heterocycles. The summed E-state index contributed by atoms with van der Waals surface area (Å²) in [6, 6.07) is 0. The number of nitrogens with zero attached hydrogens (tertiary/aromatic N) is 1. The van der Waals surface area contributed by atoms with Gasteiger partial charge in [0, 0.05) is 16.9 Å². The van der Waals surface area contributed by atoms with E-state index >= 15 is 0 Å². The molecule has 5 N–H and O–H groups in total. The number of alkyl halides is 2. The molecular weight excluding hydrogens is 693 g/mol. The number of unbranched alkanes of at least 4 members (excludes halogenated alkanes) is 8. The molecule has 0 aliphatic carbocycles. The molecular formula is C20H43I3N4O-. The summed E-state index contributed by atoms with van der Waals surface area (Å²) in [5.41, 5.74) is 0. The van der Waals surface area contributed by atoms with Crippen LogP contribution in [0.4, 0.5) is 0 Å². The zero-order valence-corrected chi connectivity index (χ0v) is 24.2. The first-order chi connectivity index (χ1) is 13.5. The molecule has 0 saturated carbocycles. The second-order valence-electron chi connectivity index (χ2n) is 7.48. The van der Waals surface area contributed by atoms with Crippen LogP contribution in [0.15, 0.2) is 0 Å². The number of rotatable bonds is 20. The van der Waals surface area contributed by atoms with Crippen LogP contribution in [0.25, 0.3) is 0 Å². The van der Waals surface area contributed by atoms with Crippen LogP contribution in [0.2, 0.25) is 0 Å². The summed E-state index contributed by atoms with van der Waals surface area (Å²) < 4.78 is 8.01. The summed E-state index contributed by atoms with van der Waals surface area (Å²) in [7, 11) is 0. The number of hydrogen-bond donors (Lipinski definition) is 3. The molecule has 0 bridgehead atoms. The molecule has 1 atom stereocenters. The van der Waals surface area contributed by atoms with E-state index in [2.05, 4.69) is 53.4 Å². The van der Waals surface area contributed by atoms with Gasteiger partial charge in [0.05, 0.1) is 0 Å². The quantitative estimate of drug-likeness (QED) is 0.0340. The van der Waals surface area contributed by atoms with Gasteiger partial charge in [0.15, 0.2) is 0 Å². The first-order valence-electron chi connectivity index (χ1n) is 10.9. The third kappa shape index (κ3) is 18.3. The summed E-state index contributed by atoms with van der Waals surface area (Å²) in [6.07, 6.45) is 14.4. The maximum absolute atomic E-state index is 12.4. The molecule has 1 amide bonds. The Kier molecular flexibility index (Phi) is 23.0. The Labute approximate surface area is 204 Å². The Hall–Kier alpha value is 1.54. The summed E-state index contributed by atoms with van der Waals surface area (Å²) in [6.45, 7) is 5.16. The first-order valence-corrected chi connectivity index (χ1v) is 21.5. The summed E-state index contributed by atoms with van der Waals surface area (Å²) in [4.78, 5) is 12.4. The first kappa shape index (κ1) is 29.5. The summed E-state index contributed by atoms with van der Waals surface area (Å²) in [5, 5.41) is 5.00. The van der Waals surface area contributed by atoms with E-state index in [1.165, 1.54) is 67.2 Å². The van der Waals surface area contributed by atoms with Gasteiger partial charge in [-0.2, -0.15) is 0 Å². The van der Waals surface area contributed by atoms with Crippen molar-refractivity contribution >= 4 is 44.6 Å². The van der Waals surface area contributed by atoms with Gasteiger partial charge < -0.3 is 0 Å². The molecule has 0 aromatic rings. The second kappa shape index (κ2) is 21.8. The number of amides is 1. The number of hydrogen-bond acceptors (Lipinski definition) is 4. The number of nitrogens with two attached hydrogens (primary N) is 2. The Morgan fingerprint density at radius 3 is 2.25 bits per heavy atom. The fourth-order valence-corrected chi connectivity index (χ4v) is 6.97. The Balaban J connectivity index is 3.50. The maximum atomic E-state index is 12.4. The molecule has 0 aromatic carbocycles. The van der Waals surface area contributed by atoms with E-state index in [1.807, 2.05) is 0 Å². The van der Waals surface area contributed by atoms with Gasteiger partial charge in [0.1, 0.15) is 0 Å². The second-order valence-corrected chi connectivity index (χ2v) is 18.4. The molecule has 0 rings (SSSR count). The molecule has 5 nitrogen and oxygen atoms in total. The van der Waals surface area contributed by atoms with Crippen molar-refractivity contribution < 1.29 is 23.4 Å². The molecule has 0 aliphatic heterocycles. The van der Waals surface area contributed by atoms with E-state index in [0.29, 0.717) is 6.54 Å². The average Bonchev–Trinajstić information content (AvgIpc) is 2.68.